The van der Waals surface area contributed by atoms with Crippen LogP contribution in [0.3, 0.4) is 0 Å². The SMILES string of the molecule is CCCc1ccc(-c2ccc(C3CCC(c4cc(F)c(OC(F)(F)C=C(F)F)c(F)c4)CC3)c(F)c2)c(F)c1. The zero-order chi connectivity index (χ0) is 28.3. The first-order valence-corrected chi connectivity index (χ1v) is 12.6. The monoisotopic (exact) mass is 554 g/mol. The third-order valence-electron chi connectivity index (χ3n) is 7.06. The molecule has 0 bridgehead atoms. The summed E-state index contributed by atoms with van der Waals surface area (Å²) in [6.07, 6.45) is -4.66. The smallest absolute Gasteiger partial charge is 0.423 e. The quantitative estimate of drug-likeness (QED) is 0.252. The number of hydrogen-bond donors (Lipinski definition) is 0. The Hall–Kier alpha value is -3.36. The highest BCUT2D eigenvalue weighted by Gasteiger charge is 2.34. The average molecular weight is 555 g/mol. The predicted molar refractivity (Wildman–Crippen MR) is 132 cm³/mol. The van der Waals surface area contributed by atoms with E-state index in [-0.39, 0.29) is 17.4 Å². The summed E-state index contributed by atoms with van der Waals surface area (Å²) in [5.74, 6) is -5.68. The lowest BCUT2D eigenvalue weighted by molar-refractivity contribution is -0.137. The van der Waals surface area contributed by atoms with Gasteiger partial charge in [0.15, 0.2) is 17.4 Å². The topological polar surface area (TPSA) is 9.23 Å². The molecule has 0 atom stereocenters. The molecule has 0 spiro atoms. The van der Waals surface area contributed by atoms with Crippen molar-refractivity contribution < 1.29 is 39.9 Å². The number of halogens is 8. The molecule has 0 N–H and O–H groups in total. The van der Waals surface area contributed by atoms with Crippen molar-refractivity contribution in [1.82, 2.24) is 0 Å². The van der Waals surface area contributed by atoms with Crippen molar-refractivity contribution in [2.24, 2.45) is 0 Å². The summed E-state index contributed by atoms with van der Waals surface area (Å²) in [7, 11) is 0. The number of aryl methyl sites for hydroxylation is 1. The second-order valence-electron chi connectivity index (χ2n) is 9.76. The van der Waals surface area contributed by atoms with E-state index in [1.807, 2.05) is 13.0 Å². The molecule has 0 unspecified atom stereocenters. The van der Waals surface area contributed by atoms with Crippen LogP contribution in [0.15, 0.2) is 60.7 Å². The molecule has 0 radical (unpaired) electrons. The van der Waals surface area contributed by atoms with Gasteiger partial charge in [0.25, 0.3) is 6.08 Å². The van der Waals surface area contributed by atoms with Gasteiger partial charge < -0.3 is 4.74 Å². The van der Waals surface area contributed by atoms with Crippen LogP contribution in [0.5, 0.6) is 5.75 Å². The minimum atomic E-state index is -4.59. The van der Waals surface area contributed by atoms with Gasteiger partial charge >= 0.3 is 6.11 Å². The average Bonchev–Trinajstić information content (AvgIpc) is 2.86. The molecular formula is C30H26F8O. The minimum Gasteiger partial charge on any atom is -0.423 e. The maximum absolute atomic E-state index is 15.1. The molecular weight excluding hydrogens is 528 g/mol. The maximum Gasteiger partial charge on any atom is 0.425 e. The largest absolute Gasteiger partial charge is 0.425 e. The van der Waals surface area contributed by atoms with Gasteiger partial charge in [-0.05, 0) is 90.5 Å². The molecule has 3 aromatic carbocycles. The fraction of sp³-hybridized carbons (Fsp3) is 0.333. The van der Waals surface area contributed by atoms with Crippen LogP contribution in [0.4, 0.5) is 35.1 Å². The Labute approximate surface area is 221 Å². The molecule has 0 aliphatic heterocycles. The van der Waals surface area contributed by atoms with Crippen molar-refractivity contribution in [2.75, 3.05) is 0 Å². The predicted octanol–water partition coefficient (Wildman–Crippen LogP) is 10.1. The number of ether oxygens (including phenoxy) is 1. The third-order valence-corrected chi connectivity index (χ3v) is 7.06. The van der Waals surface area contributed by atoms with Gasteiger partial charge in [0, 0.05) is 5.56 Å². The van der Waals surface area contributed by atoms with E-state index in [2.05, 4.69) is 4.74 Å². The molecule has 39 heavy (non-hydrogen) atoms. The maximum atomic E-state index is 15.1. The molecule has 0 amide bonds. The van der Waals surface area contributed by atoms with Crippen molar-refractivity contribution in [3.05, 3.63) is 101 Å². The van der Waals surface area contributed by atoms with Crippen LogP contribution in [0.2, 0.25) is 0 Å². The van der Waals surface area contributed by atoms with Gasteiger partial charge in [-0.3, -0.25) is 0 Å². The molecule has 1 aliphatic carbocycles. The normalized spacial score (nSPS) is 17.7. The number of rotatable bonds is 8. The van der Waals surface area contributed by atoms with Gasteiger partial charge in [-0.2, -0.15) is 17.6 Å². The van der Waals surface area contributed by atoms with Crippen LogP contribution in [0.25, 0.3) is 11.1 Å². The van der Waals surface area contributed by atoms with Gasteiger partial charge in [-0.1, -0.05) is 37.6 Å². The Morgan fingerprint density at radius 1 is 0.821 bits per heavy atom. The van der Waals surface area contributed by atoms with Gasteiger partial charge in [0.1, 0.15) is 11.6 Å². The summed E-state index contributed by atoms with van der Waals surface area (Å²) in [5.41, 5.74) is 2.29. The lowest BCUT2D eigenvalue weighted by atomic mass is 9.76. The highest BCUT2D eigenvalue weighted by molar-refractivity contribution is 5.65. The molecule has 3 aromatic rings. The van der Waals surface area contributed by atoms with Crippen LogP contribution in [-0.4, -0.2) is 6.11 Å². The zero-order valence-electron chi connectivity index (χ0n) is 21.0. The Balaban J connectivity index is 1.44. The van der Waals surface area contributed by atoms with Gasteiger partial charge in [0.2, 0.25) is 0 Å². The van der Waals surface area contributed by atoms with Crippen molar-refractivity contribution in [1.29, 1.82) is 0 Å². The Morgan fingerprint density at radius 2 is 1.46 bits per heavy atom. The van der Waals surface area contributed by atoms with E-state index in [1.54, 1.807) is 18.2 Å². The van der Waals surface area contributed by atoms with E-state index < -0.39 is 47.3 Å². The molecule has 208 valence electrons. The first-order chi connectivity index (χ1) is 18.5. The van der Waals surface area contributed by atoms with E-state index in [4.69, 9.17) is 0 Å². The van der Waals surface area contributed by atoms with Crippen molar-refractivity contribution in [3.63, 3.8) is 0 Å². The molecule has 1 saturated carbocycles. The van der Waals surface area contributed by atoms with Gasteiger partial charge in [-0.25, -0.2) is 17.6 Å². The second kappa shape index (κ2) is 11.8. The van der Waals surface area contributed by atoms with Crippen molar-refractivity contribution in [3.8, 4) is 16.9 Å². The fourth-order valence-corrected chi connectivity index (χ4v) is 5.21. The summed E-state index contributed by atoms with van der Waals surface area (Å²) in [6.45, 7) is 2.00. The second-order valence-corrected chi connectivity index (χ2v) is 9.76. The fourth-order valence-electron chi connectivity index (χ4n) is 5.21. The van der Waals surface area contributed by atoms with Crippen LogP contribution in [0.1, 0.15) is 67.6 Å². The Kier molecular flexibility index (Phi) is 8.67. The van der Waals surface area contributed by atoms with Crippen molar-refractivity contribution in [2.45, 2.75) is 63.4 Å². The zero-order valence-corrected chi connectivity index (χ0v) is 21.0. The number of alkyl halides is 2. The first kappa shape index (κ1) is 28.6. The number of benzene rings is 3. The van der Waals surface area contributed by atoms with E-state index in [1.165, 1.54) is 12.1 Å². The van der Waals surface area contributed by atoms with Crippen molar-refractivity contribution >= 4 is 0 Å². The lowest BCUT2D eigenvalue weighted by Gasteiger charge is -2.29. The molecule has 0 aromatic heterocycles. The van der Waals surface area contributed by atoms with Gasteiger partial charge in [0.05, 0.1) is 6.08 Å². The number of hydrogen-bond acceptors (Lipinski definition) is 1. The van der Waals surface area contributed by atoms with Crippen LogP contribution < -0.4 is 4.74 Å². The summed E-state index contributed by atoms with van der Waals surface area (Å²) in [4.78, 5) is 0. The highest BCUT2D eigenvalue weighted by atomic mass is 19.3. The van der Waals surface area contributed by atoms with E-state index in [0.29, 0.717) is 42.4 Å². The van der Waals surface area contributed by atoms with Crippen LogP contribution >= 0.6 is 0 Å². The molecule has 4 rings (SSSR count). The first-order valence-electron chi connectivity index (χ1n) is 12.6. The molecule has 0 heterocycles. The molecule has 1 nitrogen and oxygen atoms in total. The van der Waals surface area contributed by atoms with Gasteiger partial charge in [-0.15, -0.1) is 0 Å². The summed E-state index contributed by atoms with van der Waals surface area (Å²) >= 11 is 0. The molecule has 9 heteroatoms. The summed E-state index contributed by atoms with van der Waals surface area (Å²) in [6, 6.07) is 11.2. The molecule has 0 saturated heterocycles. The summed E-state index contributed by atoms with van der Waals surface area (Å²) < 4.78 is 114. The molecule has 1 fully saturated rings. The van der Waals surface area contributed by atoms with Crippen LogP contribution in [-0.2, 0) is 6.42 Å². The Morgan fingerprint density at radius 3 is 2.03 bits per heavy atom. The Bertz CT molecular complexity index is 1330. The minimum absolute atomic E-state index is 0.162. The third kappa shape index (κ3) is 6.81. The summed E-state index contributed by atoms with van der Waals surface area (Å²) in [5, 5.41) is 0. The van der Waals surface area contributed by atoms with E-state index >= 15 is 4.39 Å². The van der Waals surface area contributed by atoms with E-state index in [0.717, 1.165) is 30.5 Å². The van der Waals surface area contributed by atoms with E-state index in [9.17, 15) is 30.7 Å². The highest BCUT2D eigenvalue weighted by Crippen LogP contribution is 2.43. The lowest BCUT2D eigenvalue weighted by Crippen LogP contribution is -2.23. The molecule has 1 aliphatic rings. The van der Waals surface area contributed by atoms with Crippen LogP contribution in [0, 0.1) is 23.3 Å². The standard InChI is InChI=1S/C30H26F8O/c1-2-3-17-4-10-23(24(31)12-17)20-9-11-22(25(32)13-20)19-7-5-18(6-8-19)21-14-26(33)29(27(34)15-21)39-30(37,38)16-28(35)36/h4,9-16,18-19H,2-3,5-8H2,1H3.